The van der Waals surface area contributed by atoms with Crippen LogP contribution < -0.4 is 0 Å². The van der Waals surface area contributed by atoms with Crippen LogP contribution in [0.15, 0.2) is 24.3 Å². The topological polar surface area (TPSA) is 44.1 Å². The monoisotopic (exact) mass is 256 g/mol. The van der Waals surface area contributed by atoms with Crippen LogP contribution in [0.25, 0.3) is 0 Å². The van der Waals surface area contributed by atoms with Gasteiger partial charge < -0.3 is 4.90 Å². The lowest BCUT2D eigenvalue weighted by atomic mass is 10.1. The van der Waals surface area contributed by atoms with Crippen molar-refractivity contribution in [2.24, 2.45) is 0 Å². The minimum Gasteiger partial charge on any atom is -0.322 e. The van der Waals surface area contributed by atoms with Gasteiger partial charge in [0.2, 0.25) is 0 Å². The van der Waals surface area contributed by atoms with Crippen LogP contribution in [-0.2, 0) is 6.42 Å². The van der Waals surface area contributed by atoms with E-state index in [9.17, 15) is 4.79 Å². The standard InChI is InChI=1S/C16H20N2O/c1-2-13-7-9-14(10-8-13)16(19)18(12-11-17)15-5-3-4-6-15/h7-10,15H,2-6,12H2,1H3. The molecule has 0 bridgehead atoms. The van der Waals surface area contributed by atoms with E-state index in [2.05, 4.69) is 13.0 Å². The zero-order chi connectivity index (χ0) is 13.7. The van der Waals surface area contributed by atoms with Crippen molar-refractivity contribution < 1.29 is 4.79 Å². The highest BCUT2D eigenvalue weighted by molar-refractivity contribution is 5.94. The lowest BCUT2D eigenvalue weighted by Crippen LogP contribution is -2.39. The molecule has 3 heteroatoms. The van der Waals surface area contributed by atoms with Gasteiger partial charge in [-0.1, -0.05) is 31.9 Å². The van der Waals surface area contributed by atoms with Crippen molar-refractivity contribution in [1.82, 2.24) is 4.90 Å². The average molecular weight is 256 g/mol. The molecule has 2 rings (SSSR count). The van der Waals surface area contributed by atoms with Gasteiger partial charge in [0.05, 0.1) is 6.07 Å². The average Bonchev–Trinajstić information content (AvgIpc) is 2.98. The van der Waals surface area contributed by atoms with Crippen molar-refractivity contribution >= 4 is 5.91 Å². The number of nitriles is 1. The van der Waals surface area contributed by atoms with Crippen LogP contribution in [0.2, 0.25) is 0 Å². The third kappa shape index (κ3) is 3.14. The van der Waals surface area contributed by atoms with Crippen LogP contribution in [0.1, 0.15) is 48.5 Å². The Kier molecular flexibility index (Phi) is 4.57. The molecule has 0 radical (unpaired) electrons. The highest BCUT2D eigenvalue weighted by Crippen LogP contribution is 2.24. The molecule has 0 N–H and O–H groups in total. The van der Waals surface area contributed by atoms with Gasteiger partial charge in [0.15, 0.2) is 0 Å². The van der Waals surface area contributed by atoms with Gasteiger partial charge in [-0.25, -0.2) is 0 Å². The lowest BCUT2D eigenvalue weighted by Gasteiger charge is -2.26. The molecule has 1 aliphatic rings. The van der Waals surface area contributed by atoms with E-state index in [0.29, 0.717) is 5.56 Å². The maximum absolute atomic E-state index is 12.5. The molecule has 0 spiro atoms. The third-order valence-electron chi connectivity index (χ3n) is 3.88. The summed E-state index contributed by atoms with van der Waals surface area (Å²) in [5.74, 6) is -0.00361. The summed E-state index contributed by atoms with van der Waals surface area (Å²) in [7, 11) is 0. The second-order valence-electron chi connectivity index (χ2n) is 5.08. The minimum absolute atomic E-state index is 0.00361. The largest absolute Gasteiger partial charge is 0.322 e. The Morgan fingerprint density at radius 3 is 2.47 bits per heavy atom. The first-order valence-corrected chi connectivity index (χ1v) is 7.03. The fourth-order valence-corrected chi connectivity index (χ4v) is 2.71. The quantitative estimate of drug-likeness (QED) is 0.777. The molecule has 0 atom stereocenters. The van der Waals surface area contributed by atoms with Crippen LogP contribution in [0.5, 0.6) is 0 Å². The van der Waals surface area contributed by atoms with Crippen LogP contribution in [0.3, 0.4) is 0 Å². The Labute approximate surface area is 114 Å². The first kappa shape index (κ1) is 13.6. The summed E-state index contributed by atoms with van der Waals surface area (Å²) in [4.78, 5) is 14.2. The summed E-state index contributed by atoms with van der Waals surface area (Å²) < 4.78 is 0. The molecule has 1 fully saturated rings. The normalized spacial score (nSPS) is 15.2. The molecule has 100 valence electrons. The van der Waals surface area contributed by atoms with Gasteiger partial charge in [-0.2, -0.15) is 5.26 Å². The Bertz CT molecular complexity index is 467. The number of nitrogens with zero attached hydrogens (tertiary/aromatic N) is 2. The van der Waals surface area contributed by atoms with E-state index in [0.717, 1.165) is 32.1 Å². The van der Waals surface area contributed by atoms with Gasteiger partial charge in [-0.3, -0.25) is 4.79 Å². The molecule has 0 aromatic heterocycles. The Morgan fingerprint density at radius 1 is 1.32 bits per heavy atom. The van der Waals surface area contributed by atoms with Gasteiger partial charge in [0.25, 0.3) is 5.91 Å². The predicted octanol–water partition coefficient (Wildman–Crippen LogP) is 3.16. The van der Waals surface area contributed by atoms with E-state index in [1.807, 2.05) is 24.3 Å². The number of hydrogen-bond acceptors (Lipinski definition) is 2. The Morgan fingerprint density at radius 2 is 1.95 bits per heavy atom. The lowest BCUT2D eigenvalue weighted by molar-refractivity contribution is 0.0709. The van der Waals surface area contributed by atoms with E-state index >= 15 is 0 Å². The maximum Gasteiger partial charge on any atom is 0.254 e. The molecule has 0 aliphatic heterocycles. The van der Waals surface area contributed by atoms with Crippen molar-refractivity contribution in [3.63, 3.8) is 0 Å². The van der Waals surface area contributed by atoms with Crippen molar-refractivity contribution in [3.8, 4) is 6.07 Å². The number of aryl methyl sites for hydroxylation is 1. The van der Waals surface area contributed by atoms with Gasteiger partial charge in [0.1, 0.15) is 6.54 Å². The smallest absolute Gasteiger partial charge is 0.254 e. The molecule has 0 unspecified atom stereocenters. The number of carbonyl (C=O) groups excluding carboxylic acids is 1. The van der Waals surface area contributed by atoms with Gasteiger partial charge in [-0.05, 0) is 37.0 Å². The van der Waals surface area contributed by atoms with Gasteiger partial charge >= 0.3 is 0 Å². The van der Waals surface area contributed by atoms with Crippen molar-refractivity contribution in [1.29, 1.82) is 5.26 Å². The van der Waals surface area contributed by atoms with E-state index in [4.69, 9.17) is 5.26 Å². The zero-order valence-electron chi connectivity index (χ0n) is 11.4. The summed E-state index contributed by atoms with van der Waals surface area (Å²) in [6.07, 6.45) is 5.35. The van der Waals surface area contributed by atoms with Gasteiger partial charge in [-0.15, -0.1) is 0 Å². The molecule has 1 aromatic rings. The van der Waals surface area contributed by atoms with E-state index in [1.54, 1.807) is 4.90 Å². The number of amides is 1. The molecular weight excluding hydrogens is 236 g/mol. The van der Waals surface area contributed by atoms with Crippen molar-refractivity contribution in [3.05, 3.63) is 35.4 Å². The first-order chi connectivity index (χ1) is 9.26. The van der Waals surface area contributed by atoms with Crippen LogP contribution >= 0.6 is 0 Å². The molecule has 1 aliphatic carbocycles. The highest BCUT2D eigenvalue weighted by Gasteiger charge is 2.27. The molecular formula is C16H20N2O. The van der Waals surface area contributed by atoms with E-state index in [1.165, 1.54) is 5.56 Å². The molecule has 1 amide bonds. The van der Waals surface area contributed by atoms with Crippen LogP contribution in [0, 0.1) is 11.3 Å². The van der Waals surface area contributed by atoms with Crippen molar-refractivity contribution in [2.75, 3.05) is 6.54 Å². The number of rotatable bonds is 4. The fraction of sp³-hybridized carbons (Fsp3) is 0.500. The molecule has 0 heterocycles. The Hall–Kier alpha value is -1.82. The van der Waals surface area contributed by atoms with Crippen LogP contribution in [0.4, 0.5) is 0 Å². The molecule has 1 saturated carbocycles. The first-order valence-electron chi connectivity index (χ1n) is 7.03. The molecule has 1 aromatic carbocycles. The van der Waals surface area contributed by atoms with Crippen LogP contribution in [-0.4, -0.2) is 23.4 Å². The predicted molar refractivity (Wildman–Crippen MR) is 74.7 cm³/mol. The molecule has 0 saturated heterocycles. The second-order valence-corrected chi connectivity index (χ2v) is 5.08. The summed E-state index contributed by atoms with van der Waals surface area (Å²) in [5.41, 5.74) is 1.92. The summed E-state index contributed by atoms with van der Waals surface area (Å²) in [6, 6.07) is 10.1. The number of hydrogen-bond donors (Lipinski definition) is 0. The molecule has 3 nitrogen and oxygen atoms in total. The summed E-state index contributed by atoms with van der Waals surface area (Å²) >= 11 is 0. The highest BCUT2D eigenvalue weighted by atomic mass is 16.2. The van der Waals surface area contributed by atoms with E-state index in [-0.39, 0.29) is 18.5 Å². The maximum atomic E-state index is 12.5. The number of carbonyl (C=O) groups is 1. The van der Waals surface area contributed by atoms with E-state index < -0.39 is 0 Å². The fourth-order valence-electron chi connectivity index (χ4n) is 2.71. The Balaban J connectivity index is 2.15. The third-order valence-corrected chi connectivity index (χ3v) is 3.88. The minimum atomic E-state index is -0.00361. The van der Waals surface area contributed by atoms with Crippen molar-refractivity contribution in [2.45, 2.75) is 45.1 Å². The zero-order valence-corrected chi connectivity index (χ0v) is 11.4. The van der Waals surface area contributed by atoms with Gasteiger partial charge in [0, 0.05) is 11.6 Å². The number of benzene rings is 1. The summed E-state index contributed by atoms with van der Waals surface area (Å²) in [5, 5.41) is 8.93. The second kappa shape index (κ2) is 6.38. The SMILES string of the molecule is CCc1ccc(C(=O)N(CC#N)C2CCCC2)cc1. The molecule has 19 heavy (non-hydrogen) atoms. The summed E-state index contributed by atoms with van der Waals surface area (Å²) in [6.45, 7) is 2.29.